The molecule has 1 heterocycles. The highest BCUT2D eigenvalue weighted by atomic mass is 32.1. The topological polar surface area (TPSA) is 97.3 Å². The quantitative estimate of drug-likeness (QED) is 0.645. The minimum Gasteiger partial charge on any atom is -0.497 e. The number of aromatic nitrogens is 1. The number of nitro benzene ring substituents is 1. The van der Waals surface area contributed by atoms with Crippen LogP contribution in [-0.2, 0) is 6.54 Å². The molecule has 2 aromatic rings. The van der Waals surface area contributed by atoms with Gasteiger partial charge in [-0.3, -0.25) is 14.9 Å². The largest absolute Gasteiger partial charge is 0.497 e. The Morgan fingerprint density at radius 1 is 1.53 bits per heavy atom. The summed E-state index contributed by atoms with van der Waals surface area (Å²) < 4.78 is 5.03. The van der Waals surface area contributed by atoms with Crippen LogP contribution in [0.2, 0.25) is 0 Å². The highest BCUT2D eigenvalue weighted by molar-refractivity contribution is 7.07. The lowest BCUT2D eigenvalue weighted by atomic mass is 10.2. The highest BCUT2D eigenvalue weighted by Gasteiger charge is 2.14. The van der Waals surface area contributed by atoms with Gasteiger partial charge in [-0.05, 0) is 6.07 Å². The van der Waals surface area contributed by atoms with Crippen LogP contribution >= 0.6 is 11.3 Å². The summed E-state index contributed by atoms with van der Waals surface area (Å²) >= 11 is 1.05. The second-order valence-corrected chi connectivity index (χ2v) is 4.51. The molecule has 8 heteroatoms. The zero-order chi connectivity index (χ0) is 13.8. The second kappa shape index (κ2) is 5.53. The molecule has 2 rings (SSSR count). The monoisotopic (exact) mass is 281 g/mol. The number of ether oxygens (including phenoxy) is 1. The molecule has 7 nitrogen and oxygen atoms in total. The van der Waals surface area contributed by atoms with E-state index in [-0.39, 0.29) is 10.6 Å². The minimum absolute atomic E-state index is 0.0432. The van der Waals surface area contributed by atoms with Crippen LogP contribution in [0.4, 0.5) is 11.4 Å². The Bertz CT molecular complexity index is 649. The maximum atomic E-state index is 11.0. The number of nitrogens with one attached hydrogen (secondary N) is 2. The van der Waals surface area contributed by atoms with Crippen molar-refractivity contribution in [2.45, 2.75) is 6.54 Å². The van der Waals surface area contributed by atoms with Gasteiger partial charge in [-0.1, -0.05) is 11.3 Å². The highest BCUT2D eigenvalue weighted by Crippen LogP contribution is 2.29. The second-order valence-electron chi connectivity index (χ2n) is 3.67. The van der Waals surface area contributed by atoms with Crippen molar-refractivity contribution in [1.82, 2.24) is 4.98 Å². The molecule has 0 aliphatic heterocycles. The smallest absolute Gasteiger partial charge is 0.304 e. The van der Waals surface area contributed by atoms with Crippen molar-refractivity contribution in [3.05, 3.63) is 49.1 Å². The molecular formula is C11H11N3O4S. The van der Waals surface area contributed by atoms with Gasteiger partial charge in [0.15, 0.2) is 0 Å². The summed E-state index contributed by atoms with van der Waals surface area (Å²) in [4.78, 5) is 23.9. The summed E-state index contributed by atoms with van der Waals surface area (Å²) in [5, 5.41) is 15.5. The van der Waals surface area contributed by atoms with Gasteiger partial charge >= 0.3 is 4.87 Å². The Kier molecular flexibility index (Phi) is 3.81. The summed E-state index contributed by atoms with van der Waals surface area (Å²) in [6.07, 6.45) is 0. The molecule has 0 saturated heterocycles. The average molecular weight is 281 g/mol. The number of H-pyrrole nitrogens is 1. The number of hydrogen-bond acceptors (Lipinski definition) is 6. The minimum atomic E-state index is -0.474. The molecule has 0 fully saturated rings. The van der Waals surface area contributed by atoms with E-state index in [4.69, 9.17) is 4.74 Å². The normalized spacial score (nSPS) is 10.2. The predicted octanol–water partition coefficient (Wildman–Crippen LogP) is 1.97. The molecule has 100 valence electrons. The van der Waals surface area contributed by atoms with E-state index in [0.29, 0.717) is 23.7 Å². The number of nitrogens with zero attached hydrogens (tertiary/aromatic N) is 1. The molecule has 0 radical (unpaired) electrons. The number of thiazole rings is 1. The van der Waals surface area contributed by atoms with E-state index in [9.17, 15) is 14.9 Å². The number of hydrogen-bond donors (Lipinski definition) is 2. The van der Waals surface area contributed by atoms with Gasteiger partial charge in [-0.15, -0.1) is 0 Å². The van der Waals surface area contributed by atoms with Gasteiger partial charge in [0.25, 0.3) is 5.69 Å². The standard InChI is InChI=1S/C11H11N3O4S/c1-18-8-2-3-10(14(16)17)9(4-8)12-5-7-6-19-11(15)13-7/h2-4,6,12H,5H2,1H3,(H,13,15). The van der Waals surface area contributed by atoms with E-state index >= 15 is 0 Å². The Morgan fingerprint density at radius 3 is 2.89 bits per heavy atom. The van der Waals surface area contributed by atoms with E-state index in [0.717, 1.165) is 11.3 Å². The molecule has 0 amide bonds. The lowest BCUT2D eigenvalue weighted by Crippen LogP contribution is -2.05. The van der Waals surface area contributed by atoms with E-state index < -0.39 is 4.92 Å². The summed E-state index contributed by atoms with van der Waals surface area (Å²) in [6, 6.07) is 4.44. The van der Waals surface area contributed by atoms with Crippen LogP contribution in [0.25, 0.3) is 0 Å². The van der Waals surface area contributed by atoms with E-state index in [1.165, 1.54) is 19.2 Å². The zero-order valence-electron chi connectivity index (χ0n) is 10.0. The third-order valence-electron chi connectivity index (χ3n) is 2.44. The number of nitro groups is 1. The van der Waals surface area contributed by atoms with Crippen molar-refractivity contribution in [1.29, 1.82) is 0 Å². The van der Waals surface area contributed by atoms with E-state index in [1.54, 1.807) is 11.4 Å². The van der Waals surface area contributed by atoms with Crippen LogP contribution in [0.3, 0.4) is 0 Å². The van der Waals surface area contributed by atoms with Crippen molar-refractivity contribution in [2.24, 2.45) is 0 Å². The van der Waals surface area contributed by atoms with Crippen LogP contribution in [0, 0.1) is 10.1 Å². The molecule has 2 N–H and O–H groups in total. The van der Waals surface area contributed by atoms with Gasteiger partial charge in [0.05, 0.1) is 18.6 Å². The number of rotatable bonds is 5. The van der Waals surface area contributed by atoms with Crippen molar-refractivity contribution in [3.63, 3.8) is 0 Å². The fourth-order valence-electron chi connectivity index (χ4n) is 1.53. The number of methoxy groups -OCH3 is 1. The molecule has 0 bridgehead atoms. The Balaban J connectivity index is 2.22. The average Bonchev–Trinajstić information content (AvgIpc) is 2.81. The van der Waals surface area contributed by atoms with Gasteiger partial charge in [-0.25, -0.2) is 0 Å². The molecule has 0 aliphatic rings. The van der Waals surface area contributed by atoms with Crippen LogP contribution in [0.1, 0.15) is 5.69 Å². The van der Waals surface area contributed by atoms with Crippen molar-refractivity contribution >= 4 is 22.7 Å². The first-order valence-corrected chi connectivity index (χ1v) is 6.21. The zero-order valence-corrected chi connectivity index (χ0v) is 10.8. The first kappa shape index (κ1) is 13.1. The van der Waals surface area contributed by atoms with Gasteiger partial charge in [0.1, 0.15) is 11.4 Å². The van der Waals surface area contributed by atoms with Crippen molar-refractivity contribution < 1.29 is 9.66 Å². The maximum absolute atomic E-state index is 11.0. The molecular weight excluding hydrogens is 270 g/mol. The fourth-order valence-corrected chi connectivity index (χ4v) is 2.12. The molecule has 0 unspecified atom stereocenters. The lowest BCUT2D eigenvalue weighted by molar-refractivity contribution is -0.384. The first-order chi connectivity index (χ1) is 9.10. The van der Waals surface area contributed by atoms with Gasteiger partial charge in [-0.2, -0.15) is 0 Å². The molecule has 19 heavy (non-hydrogen) atoms. The summed E-state index contributed by atoms with van der Waals surface area (Å²) in [5.41, 5.74) is 0.974. The number of benzene rings is 1. The number of anilines is 1. The molecule has 0 aliphatic carbocycles. The molecule has 1 aromatic carbocycles. The summed E-state index contributed by atoms with van der Waals surface area (Å²) in [6.45, 7) is 0.298. The molecule has 1 aromatic heterocycles. The first-order valence-electron chi connectivity index (χ1n) is 5.33. The lowest BCUT2D eigenvalue weighted by Gasteiger charge is -2.07. The fraction of sp³-hybridized carbons (Fsp3) is 0.182. The summed E-state index contributed by atoms with van der Waals surface area (Å²) in [7, 11) is 1.49. The van der Waals surface area contributed by atoms with E-state index in [1.807, 2.05) is 0 Å². The maximum Gasteiger partial charge on any atom is 0.304 e. The van der Waals surface area contributed by atoms with Crippen LogP contribution < -0.4 is 14.9 Å². The van der Waals surface area contributed by atoms with Crippen LogP contribution in [-0.4, -0.2) is 17.0 Å². The molecule has 0 atom stereocenters. The Hall–Kier alpha value is -2.35. The van der Waals surface area contributed by atoms with Crippen LogP contribution in [0.15, 0.2) is 28.4 Å². The van der Waals surface area contributed by atoms with Crippen molar-refractivity contribution in [2.75, 3.05) is 12.4 Å². The van der Waals surface area contributed by atoms with Crippen LogP contribution in [0.5, 0.6) is 5.75 Å². The Labute approximate surface area is 112 Å². The predicted molar refractivity (Wildman–Crippen MR) is 71.9 cm³/mol. The number of aromatic amines is 1. The molecule has 0 saturated carbocycles. The van der Waals surface area contributed by atoms with Crippen molar-refractivity contribution in [3.8, 4) is 5.75 Å². The van der Waals surface area contributed by atoms with Gasteiger partial charge < -0.3 is 15.0 Å². The van der Waals surface area contributed by atoms with Gasteiger partial charge in [0.2, 0.25) is 0 Å². The SMILES string of the molecule is COc1ccc([N+](=O)[O-])c(NCc2csc(=O)[nH]2)c1. The van der Waals surface area contributed by atoms with E-state index in [2.05, 4.69) is 10.3 Å². The van der Waals surface area contributed by atoms with Gasteiger partial charge in [0, 0.05) is 23.2 Å². The Morgan fingerprint density at radius 2 is 2.32 bits per heavy atom. The molecule has 0 spiro atoms. The summed E-state index contributed by atoms with van der Waals surface area (Å²) in [5.74, 6) is 0.520. The third kappa shape index (κ3) is 3.10. The third-order valence-corrected chi connectivity index (χ3v) is 3.16.